The molecule has 0 amide bonds. The maximum absolute atomic E-state index is 13.1. The number of anilines is 2. The average molecular weight is 365 g/mol. The zero-order valence-electron chi connectivity index (χ0n) is 15.4. The predicted molar refractivity (Wildman–Crippen MR) is 110 cm³/mol. The number of nitrogens with zero attached hydrogens (tertiary/aromatic N) is 1. The van der Waals surface area contributed by atoms with Gasteiger partial charge in [0.15, 0.2) is 0 Å². The third kappa shape index (κ3) is 3.88. The van der Waals surface area contributed by atoms with E-state index in [1.165, 1.54) is 12.1 Å². The molecule has 0 spiro atoms. The normalized spacial score (nSPS) is 13.2. The van der Waals surface area contributed by atoms with E-state index in [1.54, 1.807) is 12.1 Å². The van der Waals surface area contributed by atoms with Crippen LogP contribution in [0.5, 0.6) is 0 Å². The summed E-state index contributed by atoms with van der Waals surface area (Å²) in [4.78, 5) is 2.01. The van der Waals surface area contributed by atoms with Crippen molar-refractivity contribution in [3.8, 4) is 0 Å². The quantitative estimate of drug-likeness (QED) is 0.660. The van der Waals surface area contributed by atoms with Crippen LogP contribution in [0, 0.1) is 12.7 Å². The number of allylic oxidation sites excluding steroid dienone is 1. The number of aliphatic hydroxyl groups excluding tert-OH is 1. The Morgan fingerprint density at radius 2 is 1.96 bits per heavy atom. The highest BCUT2D eigenvalue weighted by molar-refractivity contribution is 5.93. The van der Waals surface area contributed by atoms with E-state index in [-0.39, 0.29) is 11.6 Å². The van der Waals surface area contributed by atoms with Gasteiger partial charge in [0, 0.05) is 48.3 Å². The molecule has 2 aromatic rings. The molecule has 0 saturated carbocycles. The molecule has 1 aliphatic heterocycles. The van der Waals surface area contributed by atoms with Crippen molar-refractivity contribution in [1.82, 2.24) is 0 Å². The Balaban J connectivity index is 1.93. The van der Waals surface area contributed by atoms with Gasteiger partial charge in [0.1, 0.15) is 11.6 Å². The van der Waals surface area contributed by atoms with Crippen molar-refractivity contribution in [2.45, 2.75) is 13.5 Å². The van der Waals surface area contributed by atoms with Crippen molar-refractivity contribution in [1.29, 1.82) is 0 Å². The number of aryl methyl sites for hydroxylation is 1. The molecule has 0 saturated heterocycles. The standard InChI is InChI=1S/C22H24FN3O/c1-14-10-22-19(15(2)20(16(3)27)13-26(22)9-8-24)11-21(14)25-12-17-4-6-18(23)7-5-17/h4-7,10-11,13,25,27H,2-3,8-9,12,24H2,1H3. The van der Waals surface area contributed by atoms with Crippen molar-refractivity contribution >= 4 is 16.9 Å². The Morgan fingerprint density at radius 1 is 1.26 bits per heavy atom. The minimum absolute atomic E-state index is 0.0194. The first-order valence-electron chi connectivity index (χ1n) is 8.80. The summed E-state index contributed by atoms with van der Waals surface area (Å²) in [6.07, 6.45) is 1.84. The molecule has 1 heterocycles. The van der Waals surface area contributed by atoms with Crippen LogP contribution in [-0.4, -0.2) is 18.2 Å². The van der Waals surface area contributed by atoms with Crippen molar-refractivity contribution in [2.75, 3.05) is 23.3 Å². The van der Waals surface area contributed by atoms with Crippen LogP contribution in [0.2, 0.25) is 0 Å². The molecule has 27 heavy (non-hydrogen) atoms. The number of hydrogen-bond acceptors (Lipinski definition) is 4. The number of halogens is 1. The Morgan fingerprint density at radius 3 is 2.59 bits per heavy atom. The maximum Gasteiger partial charge on any atom is 0.123 e. The zero-order valence-corrected chi connectivity index (χ0v) is 15.4. The monoisotopic (exact) mass is 365 g/mol. The second-order valence-electron chi connectivity index (χ2n) is 6.61. The molecule has 0 atom stereocenters. The van der Waals surface area contributed by atoms with Gasteiger partial charge in [0.05, 0.1) is 0 Å². The second kappa shape index (κ2) is 7.68. The van der Waals surface area contributed by atoms with E-state index in [1.807, 2.05) is 24.1 Å². The number of nitrogens with one attached hydrogen (secondary N) is 1. The minimum atomic E-state index is -0.247. The largest absolute Gasteiger partial charge is 0.508 e. The highest BCUT2D eigenvalue weighted by Gasteiger charge is 2.23. The smallest absolute Gasteiger partial charge is 0.123 e. The van der Waals surface area contributed by atoms with E-state index in [0.29, 0.717) is 25.2 Å². The molecule has 4 N–H and O–H groups in total. The van der Waals surface area contributed by atoms with Gasteiger partial charge in [-0.25, -0.2) is 4.39 Å². The fourth-order valence-corrected chi connectivity index (χ4v) is 3.18. The van der Waals surface area contributed by atoms with Crippen molar-refractivity contribution < 1.29 is 9.50 Å². The number of benzene rings is 2. The molecule has 2 aromatic carbocycles. The van der Waals surface area contributed by atoms with Crippen LogP contribution in [0.25, 0.3) is 5.57 Å². The summed E-state index contributed by atoms with van der Waals surface area (Å²) in [5.74, 6) is -0.266. The van der Waals surface area contributed by atoms with Crippen LogP contribution in [0.1, 0.15) is 16.7 Å². The van der Waals surface area contributed by atoms with E-state index >= 15 is 0 Å². The van der Waals surface area contributed by atoms with Crippen LogP contribution < -0.4 is 16.0 Å². The highest BCUT2D eigenvalue weighted by atomic mass is 19.1. The summed E-state index contributed by atoms with van der Waals surface area (Å²) in [5.41, 5.74) is 12.0. The maximum atomic E-state index is 13.1. The van der Waals surface area contributed by atoms with E-state index < -0.39 is 0 Å². The third-order valence-electron chi connectivity index (χ3n) is 4.66. The molecule has 4 nitrogen and oxygen atoms in total. The molecular formula is C22H24FN3O. The summed E-state index contributed by atoms with van der Waals surface area (Å²) < 4.78 is 13.1. The lowest BCUT2D eigenvalue weighted by atomic mass is 9.91. The van der Waals surface area contributed by atoms with Gasteiger partial charge in [-0.2, -0.15) is 0 Å². The number of nitrogens with two attached hydrogens (primary N) is 1. The molecular weight excluding hydrogens is 341 g/mol. The van der Waals surface area contributed by atoms with E-state index in [9.17, 15) is 9.50 Å². The summed E-state index contributed by atoms with van der Waals surface area (Å²) in [5, 5.41) is 13.3. The minimum Gasteiger partial charge on any atom is -0.508 e. The first-order chi connectivity index (χ1) is 12.9. The van der Waals surface area contributed by atoms with Gasteiger partial charge in [0.25, 0.3) is 0 Å². The number of fused-ring (bicyclic) bond motifs is 1. The molecule has 0 fully saturated rings. The molecule has 3 rings (SSSR count). The first-order valence-corrected chi connectivity index (χ1v) is 8.80. The van der Waals surface area contributed by atoms with Crippen molar-refractivity contribution in [2.24, 2.45) is 5.73 Å². The van der Waals surface area contributed by atoms with Crippen molar-refractivity contribution in [3.05, 3.63) is 89.6 Å². The summed E-state index contributed by atoms with van der Waals surface area (Å²) >= 11 is 0. The van der Waals surface area contributed by atoms with Gasteiger partial charge in [-0.3, -0.25) is 0 Å². The van der Waals surface area contributed by atoms with Crippen LogP contribution in [0.4, 0.5) is 15.8 Å². The lowest BCUT2D eigenvalue weighted by Crippen LogP contribution is -2.28. The Bertz CT molecular complexity index is 916. The number of aliphatic hydroxyl groups is 1. The van der Waals surface area contributed by atoms with E-state index in [4.69, 9.17) is 5.73 Å². The van der Waals surface area contributed by atoms with E-state index in [0.717, 1.165) is 33.6 Å². The highest BCUT2D eigenvalue weighted by Crippen LogP contribution is 2.40. The molecule has 0 unspecified atom stereocenters. The van der Waals surface area contributed by atoms with Gasteiger partial charge in [0.2, 0.25) is 0 Å². The van der Waals surface area contributed by atoms with Gasteiger partial charge in [-0.05, 0) is 47.9 Å². The zero-order chi connectivity index (χ0) is 19.6. The molecule has 0 aliphatic carbocycles. The summed E-state index contributed by atoms with van der Waals surface area (Å²) in [7, 11) is 0. The predicted octanol–water partition coefficient (Wildman–Crippen LogP) is 4.49. The van der Waals surface area contributed by atoms with Crippen LogP contribution in [-0.2, 0) is 6.54 Å². The summed E-state index contributed by atoms with van der Waals surface area (Å²) in [6, 6.07) is 10.5. The molecule has 1 aliphatic rings. The SMILES string of the molecule is C=C(O)C1=CN(CCN)c2cc(C)c(NCc3ccc(F)cc3)cc2C1=C. The fourth-order valence-electron chi connectivity index (χ4n) is 3.18. The lowest BCUT2D eigenvalue weighted by molar-refractivity contribution is 0.429. The molecule has 140 valence electrons. The summed E-state index contributed by atoms with van der Waals surface area (Å²) in [6.45, 7) is 11.5. The van der Waals surface area contributed by atoms with Gasteiger partial charge in [-0.15, -0.1) is 0 Å². The topological polar surface area (TPSA) is 61.5 Å². The second-order valence-corrected chi connectivity index (χ2v) is 6.61. The van der Waals surface area contributed by atoms with Crippen LogP contribution in [0.15, 0.2) is 67.1 Å². The third-order valence-corrected chi connectivity index (χ3v) is 4.66. The number of hydrogen-bond donors (Lipinski definition) is 3. The number of rotatable bonds is 6. The lowest BCUT2D eigenvalue weighted by Gasteiger charge is -2.31. The van der Waals surface area contributed by atoms with E-state index in [2.05, 4.69) is 24.5 Å². The van der Waals surface area contributed by atoms with Crippen LogP contribution >= 0.6 is 0 Å². The Hall–Kier alpha value is -3.05. The molecule has 0 aromatic heterocycles. The first kappa shape index (κ1) is 18.7. The Labute approximate surface area is 159 Å². The van der Waals surface area contributed by atoms with Crippen molar-refractivity contribution in [3.63, 3.8) is 0 Å². The van der Waals surface area contributed by atoms with Gasteiger partial charge < -0.3 is 21.1 Å². The van der Waals surface area contributed by atoms with Crippen LogP contribution in [0.3, 0.4) is 0 Å². The van der Waals surface area contributed by atoms with Gasteiger partial charge >= 0.3 is 0 Å². The average Bonchev–Trinajstić information content (AvgIpc) is 2.64. The fraction of sp³-hybridized carbons (Fsp3) is 0.182. The Kier molecular flexibility index (Phi) is 5.33. The molecule has 0 bridgehead atoms. The molecule has 0 radical (unpaired) electrons. The molecule has 5 heteroatoms. The van der Waals surface area contributed by atoms with Gasteiger partial charge in [-0.1, -0.05) is 25.3 Å².